The highest BCUT2D eigenvalue weighted by atomic mass is 15.3. The number of nitriles is 1. The van der Waals surface area contributed by atoms with Gasteiger partial charge in [-0.25, -0.2) is 9.97 Å². The Morgan fingerprint density at radius 3 is 2.68 bits per heavy atom. The van der Waals surface area contributed by atoms with Crippen LogP contribution in [0.2, 0.25) is 0 Å². The second-order valence-electron chi connectivity index (χ2n) is 6.22. The lowest BCUT2D eigenvalue weighted by molar-refractivity contribution is 0.520. The van der Waals surface area contributed by atoms with Crippen molar-refractivity contribution in [2.75, 3.05) is 29.0 Å². The van der Waals surface area contributed by atoms with Gasteiger partial charge in [0.25, 0.3) is 0 Å². The maximum Gasteiger partial charge on any atom is 0.203 e. The Morgan fingerprint density at radius 1 is 1.16 bits per heavy atom. The molecule has 0 saturated carbocycles. The van der Waals surface area contributed by atoms with Gasteiger partial charge in [0.05, 0.1) is 16.6 Å². The van der Waals surface area contributed by atoms with Crippen LogP contribution in [0.25, 0.3) is 11.0 Å². The van der Waals surface area contributed by atoms with Crippen LogP contribution < -0.4 is 16.0 Å². The van der Waals surface area contributed by atoms with Crippen molar-refractivity contribution in [1.82, 2.24) is 15.0 Å². The molecule has 2 aromatic heterocycles. The molecule has 0 spiro atoms. The quantitative estimate of drug-likeness (QED) is 0.680. The van der Waals surface area contributed by atoms with Crippen molar-refractivity contribution in [1.29, 1.82) is 5.26 Å². The highest BCUT2D eigenvalue weighted by Crippen LogP contribution is 2.22. The second-order valence-corrected chi connectivity index (χ2v) is 6.22. The summed E-state index contributed by atoms with van der Waals surface area (Å²) in [6.45, 7) is 1.84. The number of H-pyrrole nitrogens is 1. The van der Waals surface area contributed by atoms with Crippen molar-refractivity contribution in [3.8, 4) is 6.07 Å². The fraction of sp³-hybridized carbons (Fsp3) is 0.278. The van der Waals surface area contributed by atoms with E-state index in [0.717, 1.165) is 48.7 Å². The molecule has 1 saturated heterocycles. The molecule has 0 aliphatic carbocycles. The first-order valence-electron chi connectivity index (χ1n) is 8.36. The lowest BCUT2D eigenvalue weighted by atomic mass is 10.1. The number of imidazole rings is 1. The molecule has 7 nitrogen and oxygen atoms in total. The maximum atomic E-state index is 8.92. The number of nitrogen functional groups attached to an aromatic ring is 1. The summed E-state index contributed by atoms with van der Waals surface area (Å²) in [6, 6.07) is 13.9. The molecule has 1 aliphatic rings. The van der Waals surface area contributed by atoms with Gasteiger partial charge in [-0.3, -0.25) is 0 Å². The normalized spacial score (nSPS) is 15.2. The fourth-order valence-electron chi connectivity index (χ4n) is 3.18. The van der Waals surface area contributed by atoms with E-state index in [9.17, 15) is 0 Å². The van der Waals surface area contributed by atoms with E-state index >= 15 is 0 Å². The molecule has 25 heavy (non-hydrogen) atoms. The Morgan fingerprint density at radius 2 is 1.96 bits per heavy atom. The topological polar surface area (TPSA) is 107 Å². The molecule has 4 rings (SSSR count). The summed E-state index contributed by atoms with van der Waals surface area (Å²) in [5.74, 6) is 1.92. The fourth-order valence-corrected chi connectivity index (χ4v) is 3.18. The highest BCUT2D eigenvalue weighted by Gasteiger charge is 2.21. The maximum absolute atomic E-state index is 8.92. The molecule has 1 aromatic carbocycles. The van der Waals surface area contributed by atoms with Gasteiger partial charge in [0.15, 0.2) is 0 Å². The molecular weight excluding hydrogens is 314 g/mol. The SMILES string of the molecule is N#Cc1ccc(NC2CCN(c3nc4ccccc4[nH]3)CC2)nc1N. The van der Waals surface area contributed by atoms with E-state index in [1.54, 1.807) is 12.1 Å². The first kappa shape index (κ1) is 15.3. The van der Waals surface area contributed by atoms with Gasteiger partial charge in [-0.1, -0.05) is 12.1 Å². The summed E-state index contributed by atoms with van der Waals surface area (Å²) < 4.78 is 0. The van der Waals surface area contributed by atoms with E-state index in [-0.39, 0.29) is 5.82 Å². The Kier molecular flexibility index (Phi) is 3.86. The van der Waals surface area contributed by atoms with E-state index in [4.69, 9.17) is 11.0 Å². The van der Waals surface area contributed by atoms with Gasteiger partial charge in [-0.05, 0) is 37.1 Å². The monoisotopic (exact) mass is 333 g/mol. The van der Waals surface area contributed by atoms with Gasteiger partial charge in [-0.15, -0.1) is 0 Å². The number of piperidine rings is 1. The molecule has 7 heteroatoms. The summed E-state index contributed by atoms with van der Waals surface area (Å²) in [4.78, 5) is 14.6. The third-order valence-electron chi connectivity index (χ3n) is 4.57. The standard InChI is InChI=1S/C18H19N7/c19-11-12-5-6-16(24-17(12)20)21-13-7-9-25(10-8-13)18-22-14-3-1-2-4-15(14)23-18/h1-6,13H,7-10H2,(H,22,23)(H3,20,21,24). The van der Waals surface area contributed by atoms with Gasteiger partial charge in [0, 0.05) is 19.1 Å². The predicted molar refractivity (Wildman–Crippen MR) is 98.3 cm³/mol. The lowest BCUT2D eigenvalue weighted by Gasteiger charge is -2.32. The molecule has 4 N–H and O–H groups in total. The van der Waals surface area contributed by atoms with Crippen LogP contribution in [0, 0.1) is 11.3 Å². The molecule has 3 heterocycles. The molecular formula is C18H19N7. The Bertz CT molecular complexity index is 899. The number of aromatic nitrogens is 3. The third kappa shape index (κ3) is 3.06. The van der Waals surface area contributed by atoms with E-state index in [2.05, 4.69) is 25.2 Å². The number of hydrogen-bond acceptors (Lipinski definition) is 6. The highest BCUT2D eigenvalue weighted by molar-refractivity contribution is 5.77. The average Bonchev–Trinajstić information content (AvgIpc) is 3.07. The lowest BCUT2D eigenvalue weighted by Crippen LogP contribution is -2.39. The molecule has 0 amide bonds. The summed E-state index contributed by atoms with van der Waals surface area (Å²) in [7, 11) is 0. The van der Waals surface area contributed by atoms with Crippen LogP contribution in [0.15, 0.2) is 36.4 Å². The number of benzene rings is 1. The first-order chi connectivity index (χ1) is 12.2. The summed E-state index contributed by atoms with van der Waals surface area (Å²) in [6.07, 6.45) is 1.97. The van der Waals surface area contributed by atoms with Crippen LogP contribution in [0.3, 0.4) is 0 Å². The van der Waals surface area contributed by atoms with Gasteiger partial charge in [0.1, 0.15) is 17.7 Å². The second kappa shape index (κ2) is 6.32. The number of nitrogens with one attached hydrogen (secondary N) is 2. The zero-order valence-corrected chi connectivity index (χ0v) is 13.7. The third-order valence-corrected chi connectivity index (χ3v) is 4.57. The van der Waals surface area contributed by atoms with Crippen molar-refractivity contribution in [3.63, 3.8) is 0 Å². The number of fused-ring (bicyclic) bond motifs is 1. The molecule has 0 radical (unpaired) electrons. The van der Waals surface area contributed by atoms with E-state index in [1.165, 1.54) is 0 Å². The van der Waals surface area contributed by atoms with Crippen molar-refractivity contribution < 1.29 is 0 Å². The molecule has 0 atom stereocenters. The van der Waals surface area contributed by atoms with Crippen LogP contribution in [-0.2, 0) is 0 Å². The zero-order chi connectivity index (χ0) is 17.2. The number of hydrogen-bond donors (Lipinski definition) is 3. The smallest absolute Gasteiger partial charge is 0.203 e. The number of pyridine rings is 1. The molecule has 0 unspecified atom stereocenters. The van der Waals surface area contributed by atoms with E-state index in [0.29, 0.717) is 11.6 Å². The zero-order valence-electron chi connectivity index (χ0n) is 13.7. The number of rotatable bonds is 3. The summed E-state index contributed by atoms with van der Waals surface area (Å²) in [5.41, 5.74) is 8.25. The van der Waals surface area contributed by atoms with E-state index in [1.807, 2.05) is 30.3 Å². The molecule has 1 fully saturated rings. The van der Waals surface area contributed by atoms with Crippen molar-refractivity contribution in [2.24, 2.45) is 0 Å². The molecule has 126 valence electrons. The number of para-hydroxylation sites is 2. The van der Waals surface area contributed by atoms with Crippen LogP contribution >= 0.6 is 0 Å². The van der Waals surface area contributed by atoms with Gasteiger partial charge < -0.3 is 20.9 Å². The molecule has 1 aliphatic heterocycles. The Labute approximate surface area is 145 Å². The minimum atomic E-state index is 0.271. The predicted octanol–water partition coefficient (Wildman–Crippen LogP) is 2.49. The largest absolute Gasteiger partial charge is 0.383 e. The molecule has 3 aromatic rings. The Balaban J connectivity index is 1.39. The average molecular weight is 333 g/mol. The van der Waals surface area contributed by atoms with Crippen LogP contribution in [-0.4, -0.2) is 34.1 Å². The van der Waals surface area contributed by atoms with Gasteiger partial charge >= 0.3 is 0 Å². The summed E-state index contributed by atoms with van der Waals surface area (Å²) in [5, 5.41) is 12.3. The minimum absolute atomic E-state index is 0.271. The number of anilines is 3. The number of aromatic amines is 1. The first-order valence-corrected chi connectivity index (χ1v) is 8.36. The van der Waals surface area contributed by atoms with Crippen molar-refractivity contribution in [2.45, 2.75) is 18.9 Å². The van der Waals surface area contributed by atoms with Crippen LogP contribution in [0.5, 0.6) is 0 Å². The van der Waals surface area contributed by atoms with Crippen LogP contribution in [0.4, 0.5) is 17.6 Å². The Hall–Kier alpha value is -3.27. The van der Waals surface area contributed by atoms with Crippen molar-refractivity contribution in [3.05, 3.63) is 42.0 Å². The van der Waals surface area contributed by atoms with Crippen LogP contribution in [0.1, 0.15) is 18.4 Å². The van der Waals surface area contributed by atoms with Crippen molar-refractivity contribution >= 4 is 28.6 Å². The van der Waals surface area contributed by atoms with Gasteiger partial charge in [0.2, 0.25) is 5.95 Å². The summed E-state index contributed by atoms with van der Waals surface area (Å²) >= 11 is 0. The molecule has 0 bridgehead atoms. The van der Waals surface area contributed by atoms with Gasteiger partial charge in [-0.2, -0.15) is 5.26 Å². The minimum Gasteiger partial charge on any atom is -0.383 e. The van der Waals surface area contributed by atoms with E-state index < -0.39 is 0 Å². The number of nitrogens with zero attached hydrogens (tertiary/aromatic N) is 4. The number of nitrogens with two attached hydrogens (primary N) is 1.